The van der Waals surface area contributed by atoms with Crippen LogP contribution in [0.25, 0.3) is 16.8 Å². The SMILES string of the molecule is CCOC(=O)/C(=C\c1ccc2ccccc2c1)OCC. The summed E-state index contributed by atoms with van der Waals surface area (Å²) in [4.78, 5) is 11.8. The van der Waals surface area contributed by atoms with Gasteiger partial charge in [0.1, 0.15) is 0 Å². The van der Waals surface area contributed by atoms with Crippen LogP contribution >= 0.6 is 0 Å². The van der Waals surface area contributed by atoms with Crippen LogP contribution in [0.3, 0.4) is 0 Å². The normalized spacial score (nSPS) is 11.4. The van der Waals surface area contributed by atoms with Gasteiger partial charge in [0.25, 0.3) is 0 Å². The number of carbonyl (C=O) groups is 1. The molecule has 0 aliphatic carbocycles. The van der Waals surface area contributed by atoms with Crippen molar-refractivity contribution in [1.29, 1.82) is 0 Å². The number of fused-ring (bicyclic) bond motifs is 1. The van der Waals surface area contributed by atoms with Gasteiger partial charge in [-0.1, -0.05) is 36.4 Å². The van der Waals surface area contributed by atoms with E-state index in [0.29, 0.717) is 13.2 Å². The second kappa shape index (κ2) is 6.75. The van der Waals surface area contributed by atoms with Gasteiger partial charge in [0, 0.05) is 0 Å². The Morgan fingerprint density at radius 1 is 1.00 bits per heavy atom. The van der Waals surface area contributed by atoms with Gasteiger partial charge >= 0.3 is 5.97 Å². The Labute approximate surface area is 118 Å². The van der Waals surface area contributed by atoms with Crippen molar-refractivity contribution in [2.75, 3.05) is 13.2 Å². The molecule has 3 heteroatoms. The predicted molar refractivity (Wildman–Crippen MR) is 80.2 cm³/mol. The van der Waals surface area contributed by atoms with E-state index < -0.39 is 5.97 Å². The first-order valence-corrected chi connectivity index (χ1v) is 6.75. The Balaban J connectivity index is 2.34. The molecular weight excluding hydrogens is 252 g/mol. The highest BCUT2D eigenvalue weighted by Gasteiger charge is 2.11. The molecule has 0 aliphatic heterocycles. The number of ether oxygens (including phenoxy) is 2. The van der Waals surface area contributed by atoms with Gasteiger partial charge in [-0.15, -0.1) is 0 Å². The van der Waals surface area contributed by atoms with Gasteiger partial charge in [-0.25, -0.2) is 4.79 Å². The predicted octanol–water partition coefficient (Wildman–Crippen LogP) is 3.78. The summed E-state index contributed by atoms with van der Waals surface area (Å²) in [6.07, 6.45) is 1.72. The van der Waals surface area contributed by atoms with Crippen molar-refractivity contribution in [3.63, 3.8) is 0 Å². The van der Waals surface area contributed by atoms with Crippen molar-refractivity contribution < 1.29 is 14.3 Å². The Hall–Kier alpha value is -2.29. The number of rotatable bonds is 5. The molecule has 0 saturated carbocycles. The number of hydrogen-bond acceptors (Lipinski definition) is 3. The van der Waals surface area contributed by atoms with Crippen molar-refractivity contribution >= 4 is 22.8 Å². The zero-order chi connectivity index (χ0) is 14.4. The third-order valence-corrected chi connectivity index (χ3v) is 2.85. The Morgan fingerprint density at radius 3 is 2.40 bits per heavy atom. The minimum absolute atomic E-state index is 0.240. The van der Waals surface area contributed by atoms with E-state index in [4.69, 9.17) is 9.47 Å². The van der Waals surface area contributed by atoms with Crippen LogP contribution in [0.1, 0.15) is 19.4 Å². The molecule has 0 amide bonds. The molecule has 104 valence electrons. The Bertz CT molecular complexity index is 629. The van der Waals surface area contributed by atoms with Crippen molar-refractivity contribution in [2.45, 2.75) is 13.8 Å². The lowest BCUT2D eigenvalue weighted by Crippen LogP contribution is -2.10. The zero-order valence-electron chi connectivity index (χ0n) is 11.8. The van der Waals surface area contributed by atoms with E-state index in [-0.39, 0.29) is 5.76 Å². The summed E-state index contributed by atoms with van der Waals surface area (Å²) in [5.74, 6) is -0.188. The van der Waals surface area contributed by atoms with Gasteiger partial charge in [-0.2, -0.15) is 0 Å². The number of esters is 1. The van der Waals surface area contributed by atoms with E-state index in [9.17, 15) is 4.79 Å². The molecule has 20 heavy (non-hydrogen) atoms. The van der Waals surface area contributed by atoms with E-state index in [1.807, 2.05) is 43.3 Å². The maximum absolute atomic E-state index is 11.8. The molecule has 0 saturated heterocycles. The molecule has 0 unspecified atom stereocenters. The fourth-order valence-electron chi connectivity index (χ4n) is 1.97. The lowest BCUT2D eigenvalue weighted by molar-refractivity contribution is -0.142. The molecule has 2 aromatic rings. The van der Waals surface area contributed by atoms with Crippen LogP contribution in [0, 0.1) is 0 Å². The van der Waals surface area contributed by atoms with E-state index in [2.05, 4.69) is 6.07 Å². The molecule has 0 fully saturated rings. The summed E-state index contributed by atoms with van der Waals surface area (Å²) in [6, 6.07) is 14.1. The molecule has 0 aliphatic rings. The number of hydrogen-bond donors (Lipinski definition) is 0. The van der Waals surface area contributed by atoms with Crippen molar-refractivity contribution in [3.8, 4) is 0 Å². The second-order valence-electron chi connectivity index (χ2n) is 4.27. The van der Waals surface area contributed by atoms with Gasteiger partial charge in [0.2, 0.25) is 5.76 Å². The first-order chi connectivity index (χ1) is 9.74. The van der Waals surface area contributed by atoms with Gasteiger partial charge in [0.15, 0.2) is 0 Å². The summed E-state index contributed by atoms with van der Waals surface area (Å²) in [5.41, 5.74) is 0.917. The van der Waals surface area contributed by atoms with Gasteiger partial charge < -0.3 is 9.47 Å². The van der Waals surface area contributed by atoms with E-state index >= 15 is 0 Å². The maximum atomic E-state index is 11.8. The van der Waals surface area contributed by atoms with Crippen molar-refractivity contribution in [2.24, 2.45) is 0 Å². The fourth-order valence-corrected chi connectivity index (χ4v) is 1.97. The highest BCUT2D eigenvalue weighted by Crippen LogP contribution is 2.18. The smallest absolute Gasteiger partial charge is 0.373 e. The molecule has 0 heterocycles. The molecule has 2 rings (SSSR count). The zero-order valence-corrected chi connectivity index (χ0v) is 11.8. The van der Waals surface area contributed by atoms with Crippen LogP contribution in [-0.4, -0.2) is 19.2 Å². The largest absolute Gasteiger partial charge is 0.487 e. The first-order valence-electron chi connectivity index (χ1n) is 6.75. The monoisotopic (exact) mass is 270 g/mol. The highest BCUT2D eigenvalue weighted by atomic mass is 16.6. The Morgan fingerprint density at radius 2 is 1.70 bits per heavy atom. The standard InChI is InChI=1S/C17H18O3/c1-3-19-16(17(18)20-4-2)12-13-9-10-14-7-5-6-8-15(14)11-13/h5-12H,3-4H2,1-2H3/b16-12+. The van der Waals surface area contributed by atoms with E-state index in [0.717, 1.165) is 10.9 Å². The third-order valence-electron chi connectivity index (χ3n) is 2.85. The van der Waals surface area contributed by atoms with Gasteiger partial charge in [0.05, 0.1) is 13.2 Å². The average Bonchev–Trinajstić information content (AvgIpc) is 2.47. The third kappa shape index (κ3) is 3.38. The van der Waals surface area contributed by atoms with Crippen LogP contribution in [0.5, 0.6) is 0 Å². The fraction of sp³-hybridized carbons (Fsp3) is 0.235. The first kappa shape index (κ1) is 14.1. The van der Waals surface area contributed by atoms with Crippen LogP contribution in [-0.2, 0) is 14.3 Å². The summed E-state index contributed by atoms with van der Waals surface area (Å²) in [6.45, 7) is 4.38. The summed E-state index contributed by atoms with van der Waals surface area (Å²) in [7, 11) is 0. The summed E-state index contributed by atoms with van der Waals surface area (Å²) >= 11 is 0. The summed E-state index contributed by atoms with van der Waals surface area (Å²) in [5, 5.41) is 2.29. The molecule has 2 aromatic carbocycles. The summed E-state index contributed by atoms with van der Waals surface area (Å²) < 4.78 is 10.3. The quantitative estimate of drug-likeness (QED) is 0.471. The molecule has 0 aromatic heterocycles. The topological polar surface area (TPSA) is 35.5 Å². The molecule has 0 spiro atoms. The van der Waals surface area contributed by atoms with Crippen molar-refractivity contribution in [3.05, 3.63) is 53.8 Å². The molecule has 3 nitrogen and oxygen atoms in total. The molecular formula is C17H18O3. The van der Waals surface area contributed by atoms with Crippen LogP contribution < -0.4 is 0 Å². The van der Waals surface area contributed by atoms with Crippen LogP contribution in [0.15, 0.2) is 48.2 Å². The molecule has 0 radical (unpaired) electrons. The van der Waals surface area contributed by atoms with Gasteiger partial charge in [-0.05, 0) is 42.3 Å². The van der Waals surface area contributed by atoms with Crippen molar-refractivity contribution in [1.82, 2.24) is 0 Å². The lowest BCUT2D eigenvalue weighted by atomic mass is 10.1. The van der Waals surface area contributed by atoms with Crippen LogP contribution in [0.4, 0.5) is 0 Å². The lowest BCUT2D eigenvalue weighted by Gasteiger charge is -2.08. The highest BCUT2D eigenvalue weighted by molar-refractivity contribution is 5.93. The molecule has 0 N–H and O–H groups in total. The maximum Gasteiger partial charge on any atom is 0.373 e. The molecule has 0 bridgehead atoms. The number of benzene rings is 2. The van der Waals surface area contributed by atoms with Gasteiger partial charge in [-0.3, -0.25) is 0 Å². The van der Waals surface area contributed by atoms with E-state index in [1.54, 1.807) is 13.0 Å². The minimum atomic E-state index is -0.428. The van der Waals surface area contributed by atoms with E-state index in [1.165, 1.54) is 5.39 Å². The molecule has 0 atom stereocenters. The average molecular weight is 270 g/mol. The minimum Gasteiger partial charge on any atom is -0.487 e. The van der Waals surface area contributed by atoms with Crippen LogP contribution in [0.2, 0.25) is 0 Å². The Kier molecular flexibility index (Phi) is 4.77. The second-order valence-corrected chi connectivity index (χ2v) is 4.27. The number of carbonyl (C=O) groups excluding carboxylic acids is 1.